The number of aliphatic carboxylic acids is 1. The van der Waals surface area contributed by atoms with Crippen molar-refractivity contribution in [3.05, 3.63) is 130 Å². The Balaban J connectivity index is 2.07. The van der Waals surface area contributed by atoms with Crippen molar-refractivity contribution in [1.82, 2.24) is 0 Å². The number of carbonyl (C=O) groups is 1. The molecule has 0 saturated heterocycles. The molecule has 0 aliphatic carbocycles. The molecule has 0 atom stereocenters. The highest BCUT2D eigenvalue weighted by Gasteiger charge is 2.48. The summed E-state index contributed by atoms with van der Waals surface area (Å²) in [5.74, 6) is -1.77. The van der Waals surface area contributed by atoms with Gasteiger partial charge in [-0.2, -0.15) is 0 Å². The van der Waals surface area contributed by atoms with Crippen LogP contribution in [0.2, 0.25) is 0 Å². The van der Waals surface area contributed by atoms with Gasteiger partial charge in [0.2, 0.25) is 5.60 Å². The number of carboxylic acids is 1. The Morgan fingerprint density at radius 1 is 0.568 bits per heavy atom. The number of carboxylic acid groups (broad SMARTS) is 1. The summed E-state index contributed by atoms with van der Waals surface area (Å²) in [5.41, 5.74) is -1.99. The van der Waals surface area contributed by atoms with E-state index in [0.717, 1.165) is 11.1 Å². The SMILES string of the molecule is CC(C)(c1ccccc1)c1c(O)cccc1C(O)(C(=O)O)c1cccc(O)c1C(C)(C)c1ccccc1. The van der Waals surface area contributed by atoms with Crippen molar-refractivity contribution in [2.75, 3.05) is 0 Å². The molecule has 5 heteroatoms. The first-order valence-corrected chi connectivity index (χ1v) is 12.2. The third kappa shape index (κ3) is 4.25. The van der Waals surface area contributed by atoms with E-state index in [4.69, 9.17) is 0 Å². The Morgan fingerprint density at radius 2 is 0.919 bits per heavy atom. The fraction of sp³-hybridized carbons (Fsp3) is 0.219. The summed E-state index contributed by atoms with van der Waals surface area (Å²) < 4.78 is 0. The molecule has 0 saturated carbocycles. The first-order valence-electron chi connectivity index (χ1n) is 12.2. The Labute approximate surface area is 217 Å². The number of phenolic OH excluding ortho intramolecular Hbond substituents is 2. The average Bonchev–Trinajstić information content (AvgIpc) is 2.88. The summed E-state index contributed by atoms with van der Waals surface area (Å²) in [7, 11) is 0. The maximum Gasteiger partial charge on any atom is 0.345 e. The van der Waals surface area contributed by atoms with Gasteiger partial charge < -0.3 is 20.4 Å². The molecule has 4 N–H and O–H groups in total. The molecule has 5 nitrogen and oxygen atoms in total. The molecule has 4 rings (SSSR count). The summed E-state index contributed by atoms with van der Waals surface area (Å²) >= 11 is 0. The van der Waals surface area contributed by atoms with Gasteiger partial charge >= 0.3 is 5.97 Å². The second kappa shape index (κ2) is 9.41. The quantitative estimate of drug-likeness (QED) is 0.249. The maximum atomic E-state index is 13.1. The molecule has 0 radical (unpaired) electrons. The van der Waals surface area contributed by atoms with Crippen LogP contribution in [0.3, 0.4) is 0 Å². The van der Waals surface area contributed by atoms with Crippen molar-refractivity contribution in [2.45, 2.75) is 44.1 Å². The number of aromatic hydroxyl groups is 2. The van der Waals surface area contributed by atoms with Crippen molar-refractivity contribution in [3.8, 4) is 11.5 Å². The summed E-state index contributed by atoms with van der Waals surface area (Å²) in [6, 6.07) is 27.9. The van der Waals surface area contributed by atoms with Gasteiger partial charge in [0, 0.05) is 33.1 Å². The van der Waals surface area contributed by atoms with Crippen LogP contribution < -0.4 is 0 Å². The van der Waals surface area contributed by atoms with Gasteiger partial charge in [-0.05, 0) is 23.3 Å². The van der Waals surface area contributed by atoms with Crippen LogP contribution in [0.25, 0.3) is 0 Å². The fourth-order valence-corrected chi connectivity index (χ4v) is 5.37. The number of aliphatic hydroxyl groups is 1. The van der Waals surface area contributed by atoms with E-state index in [0.29, 0.717) is 0 Å². The third-order valence-corrected chi connectivity index (χ3v) is 7.41. The summed E-state index contributed by atoms with van der Waals surface area (Å²) in [6.45, 7) is 7.50. The molecule has 0 heterocycles. The monoisotopic (exact) mass is 496 g/mol. The first-order chi connectivity index (χ1) is 17.4. The second-order valence-corrected chi connectivity index (χ2v) is 10.4. The lowest BCUT2D eigenvalue weighted by Gasteiger charge is -2.37. The van der Waals surface area contributed by atoms with E-state index < -0.39 is 22.4 Å². The van der Waals surface area contributed by atoms with Crippen LogP contribution in [0.1, 0.15) is 61.1 Å². The highest BCUT2D eigenvalue weighted by Crippen LogP contribution is 2.49. The molecule has 37 heavy (non-hydrogen) atoms. The lowest BCUT2D eigenvalue weighted by atomic mass is 9.67. The van der Waals surface area contributed by atoms with Gasteiger partial charge in [-0.1, -0.05) is 113 Å². The Kier molecular flexibility index (Phi) is 6.61. The van der Waals surface area contributed by atoms with Crippen molar-refractivity contribution >= 4 is 5.97 Å². The predicted octanol–water partition coefficient (Wildman–Crippen LogP) is 6.07. The molecule has 0 aliphatic rings. The second-order valence-electron chi connectivity index (χ2n) is 10.4. The smallest absolute Gasteiger partial charge is 0.345 e. The highest BCUT2D eigenvalue weighted by molar-refractivity contribution is 5.86. The molecule has 0 amide bonds. The first kappa shape index (κ1) is 26.0. The minimum absolute atomic E-state index is 0.0320. The normalized spacial score (nSPS) is 12.4. The lowest BCUT2D eigenvalue weighted by molar-refractivity contribution is -0.155. The average molecular weight is 497 g/mol. The Morgan fingerprint density at radius 3 is 1.24 bits per heavy atom. The van der Waals surface area contributed by atoms with Crippen LogP contribution in [-0.4, -0.2) is 26.4 Å². The molecule has 0 spiro atoms. The molecule has 0 unspecified atom stereocenters. The van der Waals surface area contributed by atoms with Gasteiger partial charge in [0.1, 0.15) is 11.5 Å². The van der Waals surface area contributed by atoms with Crippen LogP contribution in [0, 0.1) is 0 Å². The maximum absolute atomic E-state index is 13.1. The van der Waals surface area contributed by atoms with E-state index in [-0.39, 0.29) is 33.8 Å². The van der Waals surface area contributed by atoms with Gasteiger partial charge in [-0.25, -0.2) is 4.79 Å². The van der Waals surface area contributed by atoms with E-state index in [1.165, 1.54) is 36.4 Å². The zero-order valence-corrected chi connectivity index (χ0v) is 21.4. The van der Waals surface area contributed by atoms with Crippen LogP contribution in [0.15, 0.2) is 97.1 Å². The van der Waals surface area contributed by atoms with Crippen LogP contribution in [0.4, 0.5) is 0 Å². The molecule has 0 fully saturated rings. The molecule has 0 aromatic heterocycles. The third-order valence-electron chi connectivity index (χ3n) is 7.41. The summed E-state index contributed by atoms with van der Waals surface area (Å²) in [4.78, 5) is 13.1. The van der Waals surface area contributed by atoms with Crippen molar-refractivity contribution in [3.63, 3.8) is 0 Å². The summed E-state index contributed by atoms with van der Waals surface area (Å²) in [5, 5.41) is 45.0. The van der Waals surface area contributed by atoms with E-state index in [1.807, 2.05) is 88.4 Å². The van der Waals surface area contributed by atoms with Gasteiger partial charge in [-0.15, -0.1) is 0 Å². The van der Waals surface area contributed by atoms with Gasteiger partial charge in [-0.3, -0.25) is 0 Å². The largest absolute Gasteiger partial charge is 0.508 e. The van der Waals surface area contributed by atoms with Crippen molar-refractivity contribution in [2.24, 2.45) is 0 Å². The number of benzene rings is 4. The van der Waals surface area contributed by atoms with Crippen LogP contribution in [0.5, 0.6) is 11.5 Å². The van der Waals surface area contributed by atoms with Gasteiger partial charge in [0.05, 0.1) is 0 Å². The zero-order valence-electron chi connectivity index (χ0n) is 21.4. The minimum atomic E-state index is -2.58. The highest BCUT2D eigenvalue weighted by atomic mass is 16.4. The molecular weight excluding hydrogens is 464 g/mol. The Bertz CT molecular complexity index is 1320. The standard InChI is InChI=1S/C32H32O5/c1-30(2,21-13-7-5-8-14-21)27-23(17-11-19-25(27)33)32(37,29(35)36)24-18-12-20-26(34)28(24)31(3,4)22-15-9-6-10-16-22/h5-20,33-34,37H,1-4H3,(H,35,36). The summed E-state index contributed by atoms with van der Waals surface area (Å²) in [6.07, 6.45) is 0. The van der Waals surface area contributed by atoms with E-state index in [1.54, 1.807) is 0 Å². The van der Waals surface area contributed by atoms with E-state index >= 15 is 0 Å². The van der Waals surface area contributed by atoms with Crippen molar-refractivity contribution in [1.29, 1.82) is 0 Å². The predicted molar refractivity (Wildman–Crippen MR) is 144 cm³/mol. The molecule has 0 aliphatic heterocycles. The van der Waals surface area contributed by atoms with Gasteiger partial charge in [0.15, 0.2) is 0 Å². The lowest BCUT2D eigenvalue weighted by Crippen LogP contribution is -2.42. The number of rotatable bonds is 7. The molecule has 4 aromatic rings. The van der Waals surface area contributed by atoms with Crippen LogP contribution >= 0.6 is 0 Å². The zero-order chi connectivity index (χ0) is 27.0. The van der Waals surface area contributed by atoms with Crippen LogP contribution in [-0.2, 0) is 21.2 Å². The molecule has 190 valence electrons. The van der Waals surface area contributed by atoms with Gasteiger partial charge in [0.25, 0.3) is 0 Å². The topological polar surface area (TPSA) is 98.0 Å². The molecular formula is C32H32O5. The molecule has 0 bridgehead atoms. The van der Waals surface area contributed by atoms with E-state index in [9.17, 15) is 25.2 Å². The Hall–Kier alpha value is -4.09. The number of phenols is 2. The molecule has 4 aromatic carbocycles. The number of hydrogen-bond acceptors (Lipinski definition) is 4. The number of hydrogen-bond donors (Lipinski definition) is 4. The van der Waals surface area contributed by atoms with E-state index in [2.05, 4.69) is 0 Å². The fourth-order valence-electron chi connectivity index (χ4n) is 5.37. The minimum Gasteiger partial charge on any atom is -0.508 e. The van der Waals surface area contributed by atoms with Crippen molar-refractivity contribution < 1.29 is 25.2 Å².